The number of hydrogen-bond acceptors (Lipinski definition) is 2. The molecule has 0 aliphatic carbocycles. The van der Waals surface area contributed by atoms with Gasteiger partial charge in [-0.2, -0.15) is 0 Å². The monoisotopic (exact) mass is 441 g/mol. The van der Waals surface area contributed by atoms with Gasteiger partial charge >= 0.3 is 0 Å². The highest BCUT2D eigenvalue weighted by Gasteiger charge is 2.11. The average Bonchev–Trinajstić information content (AvgIpc) is 3.14. The zero-order valence-electron chi connectivity index (χ0n) is 14.9. The van der Waals surface area contributed by atoms with Crippen molar-refractivity contribution in [2.24, 2.45) is 0 Å². The molecule has 28 heavy (non-hydrogen) atoms. The number of hydrogen-bond donors (Lipinski definition) is 1. The Bertz CT molecular complexity index is 1250. The molecule has 0 bridgehead atoms. The first-order chi connectivity index (χ1) is 13.5. The molecule has 142 valence electrons. The summed E-state index contributed by atoms with van der Waals surface area (Å²) in [6.07, 6.45) is 2.58. The van der Waals surface area contributed by atoms with E-state index in [4.69, 9.17) is 0 Å². The number of halogens is 2. The highest BCUT2D eigenvalue weighted by molar-refractivity contribution is 9.10. The standard InChI is InChI=1S/C21H17BrFN3O2/c22-14-8-9-17-19(12-14)26(21(28)18-6-2-10-25(17)18)11-3-7-20(27)24-16-5-1-4-15(23)13-16/h1-2,4-6,8-10,12-13H,3,7,11H2,(H,24,27). The Kier molecular flexibility index (Phi) is 5.00. The lowest BCUT2D eigenvalue weighted by molar-refractivity contribution is -0.116. The Morgan fingerprint density at radius 3 is 2.71 bits per heavy atom. The second-order valence-corrected chi connectivity index (χ2v) is 7.43. The van der Waals surface area contributed by atoms with Crippen LogP contribution in [-0.4, -0.2) is 14.9 Å². The maximum atomic E-state index is 13.2. The number of benzene rings is 2. The highest BCUT2D eigenvalue weighted by Crippen LogP contribution is 2.21. The number of nitrogens with one attached hydrogen (secondary N) is 1. The van der Waals surface area contributed by atoms with Crippen LogP contribution in [0.2, 0.25) is 0 Å². The fourth-order valence-electron chi connectivity index (χ4n) is 3.34. The smallest absolute Gasteiger partial charge is 0.275 e. The Morgan fingerprint density at radius 2 is 1.89 bits per heavy atom. The van der Waals surface area contributed by atoms with Crippen LogP contribution in [0, 0.1) is 5.82 Å². The predicted octanol–water partition coefficient (Wildman–Crippen LogP) is 4.57. The number of nitrogens with zero attached hydrogens (tertiary/aromatic N) is 2. The maximum absolute atomic E-state index is 13.2. The maximum Gasteiger partial charge on any atom is 0.275 e. The number of aromatic nitrogens is 2. The Labute approximate surface area is 168 Å². The molecule has 5 nitrogen and oxygen atoms in total. The van der Waals surface area contributed by atoms with Crippen LogP contribution in [0.4, 0.5) is 10.1 Å². The fraction of sp³-hybridized carbons (Fsp3) is 0.143. The van der Waals surface area contributed by atoms with Gasteiger partial charge in [-0.05, 0) is 55.0 Å². The van der Waals surface area contributed by atoms with Crippen molar-refractivity contribution >= 4 is 44.1 Å². The summed E-state index contributed by atoms with van der Waals surface area (Å²) in [5.41, 5.74) is 2.65. The fourth-order valence-corrected chi connectivity index (χ4v) is 3.69. The molecular formula is C21H17BrFN3O2. The molecule has 0 fully saturated rings. The molecule has 2 aromatic heterocycles. The third-order valence-corrected chi connectivity index (χ3v) is 5.09. The van der Waals surface area contributed by atoms with Crippen LogP contribution in [0.3, 0.4) is 0 Å². The van der Waals surface area contributed by atoms with Gasteiger partial charge in [0, 0.05) is 29.3 Å². The first-order valence-corrected chi connectivity index (χ1v) is 9.67. The van der Waals surface area contributed by atoms with E-state index in [1.807, 2.05) is 34.9 Å². The van der Waals surface area contributed by atoms with Crippen LogP contribution in [-0.2, 0) is 11.3 Å². The van der Waals surface area contributed by atoms with Gasteiger partial charge in [0.15, 0.2) is 0 Å². The molecule has 0 aliphatic heterocycles. The van der Waals surface area contributed by atoms with Gasteiger partial charge in [0.1, 0.15) is 11.3 Å². The molecule has 0 atom stereocenters. The van der Waals surface area contributed by atoms with Crippen molar-refractivity contribution in [2.45, 2.75) is 19.4 Å². The van der Waals surface area contributed by atoms with Gasteiger partial charge in [-0.15, -0.1) is 0 Å². The highest BCUT2D eigenvalue weighted by atomic mass is 79.9. The Hall–Kier alpha value is -2.93. The summed E-state index contributed by atoms with van der Waals surface area (Å²) in [5.74, 6) is -0.616. The minimum absolute atomic E-state index is 0.0962. The first-order valence-electron chi connectivity index (χ1n) is 8.87. The van der Waals surface area contributed by atoms with E-state index in [1.165, 1.54) is 12.1 Å². The molecule has 0 saturated carbocycles. The third kappa shape index (κ3) is 3.57. The minimum Gasteiger partial charge on any atom is -0.326 e. The van der Waals surface area contributed by atoms with Crippen LogP contribution in [0.15, 0.2) is 70.1 Å². The molecule has 4 aromatic rings. The summed E-state index contributed by atoms with van der Waals surface area (Å²) in [5, 5.41) is 2.68. The molecule has 0 unspecified atom stereocenters. The van der Waals surface area contributed by atoms with E-state index in [0.717, 1.165) is 15.5 Å². The molecule has 0 saturated heterocycles. The number of carbonyl (C=O) groups is 1. The average molecular weight is 442 g/mol. The molecule has 0 aliphatic rings. The Morgan fingerprint density at radius 1 is 1.04 bits per heavy atom. The zero-order valence-corrected chi connectivity index (χ0v) is 16.4. The van der Waals surface area contributed by atoms with E-state index in [-0.39, 0.29) is 17.9 Å². The predicted molar refractivity (Wildman–Crippen MR) is 111 cm³/mol. The number of rotatable bonds is 5. The summed E-state index contributed by atoms with van der Waals surface area (Å²) < 4.78 is 17.7. The summed E-state index contributed by atoms with van der Waals surface area (Å²) >= 11 is 3.46. The molecule has 1 amide bonds. The summed E-state index contributed by atoms with van der Waals surface area (Å²) in [6, 6.07) is 15.2. The van der Waals surface area contributed by atoms with Gasteiger partial charge in [0.05, 0.1) is 11.0 Å². The van der Waals surface area contributed by atoms with Crippen LogP contribution < -0.4 is 10.9 Å². The van der Waals surface area contributed by atoms with Gasteiger partial charge in [0.2, 0.25) is 5.91 Å². The summed E-state index contributed by atoms with van der Waals surface area (Å²) in [4.78, 5) is 25.1. The van der Waals surface area contributed by atoms with Crippen molar-refractivity contribution in [3.05, 3.63) is 81.4 Å². The largest absolute Gasteiger partial charge is 0.326 e. The van der Waals surface area contributed by atoms with Crippen molar-refractivity contribution in [3.63, 3.8) is 0 Å². The number of amides is 1. The van der Waals surface area contributed by atoms with Crippen LogP contribution in [0.5, 0.6) is 0 Å². The number of carbonyl (C=O) groups excluding carboxylic acids is 1. The minimum atomic E-state index is -0.401. The summed E-state index contributed by atoms with van der Waals surface area (Å²) in [6.45, 7) is 0.407. The van der Waals surface area contributed by atoms with E-state index in [9.17, 15) is 14.0 Å². The van der Waals surface area contributed by atoms with Crippen molar-refractivity contribution in [3.8, 4) is 0 Å². The quantitative estimate of drug-likeness (QED) is 0.492. The molecule has 4 rings (SSSR count). The number of anilines is 1. The van der Waals surface area contributed by atoms with Crippen molar-refractivity contribution in [1.82, 2.24) is 8.97 Å². The SMILES string of the molecule is O=C(CCCn1c(=O)c2cccn2c2ccc(Br)cc21)Nc1cccc(F)c1. The van der Waals surface area contributed by atoms with Gasteiger partial charge in [-0.3, -0.25) is 9.59 Å². The van der Waals surface area contributed by atoms with E-state index in [2.05, 4.69) is 21.2 Å². The number of fused-ring (bicyclic) bond motifs is 3. The van der Waals surface area contributed by atoms with E-state index >= 15 is 0 Å². The van der Waals surface area contributed by atoms with Gasteiger partial charge < -0.3 is 14.3 Å². The molecule has 0 radical (unpaired) electrons. The molecule has 0 spiro atoms. The molecule has 2 heterocycles. The molecule has 1 N–H and O–H groups in total. The van der Waals surface area contributed by atoms with Crippen LogP contribution in [0.1, 0.15) is 12.8 Å². The Balaban J connectivity index is 1.55. The lowest BCUT2D eigenvalue weighted by Gasteiger charge is -2.13. The van der Waals surface area contributed by atoms with Crippen LogP contribution >= 0.6 is 15.9 Å². The third-order valence-electron chi connectivity index (χ3n) is 4.59. The van der Waals surface area contributed by atoms with Gasteiger partial charge in [0.25, 0.3) is 5.56 Å². The number of aryl methyl sites for hydroxylation is 1. The summed E-state index contributed by atoms with van der Waals surface area (Å²) in [7, 11) is 0. The van der Waals surface area contributed by atoms with Crippen molar-refractivity contribution in [1.29, 1.82) is 0 Å². The van der Waals surface area contributed by atoms with Crippen molar-refractivity contribution < 1.29 is 9.18 Å². The second kappa shape index (κ2) is 7.59. The van der Waals surface area contributed by atoms with Crippen molar-refractivity contribution in [2.75, 3.05) is 5.32 Å². The van der Waals surface area contributed by atoms with Gasteiger partial charge in [-0.25, -0.2) is 4.39 Å². The zero-order chi connectivity index (χ0) is 19.7. The van der Waals surface area contributed by atoms with E-state index < -0.39 is 5.82 Å². The normalized spacial score (nSPS) is 11.2. The van der Waals surface area contributed by atoms with E-state index in [0.29, 0.717) is 24.2 Å². The lowest BCUT2D eigenvalue weighted by atomic mass is 10.2. The lowest BCUT2D eigenvalue weighted by Crippen LogP contribution is -2.23. The second-order valence-electron chi connectivity index (χ2n) is 6.52. The van der Waals surface area contributed by atoms with E-state index in [1.54, 1.807) is 22.8 Å². The molecular weight excluding hydrogens is 425 g/mol. The molecule has 7 heteroatoms. The van der Waals surface area contributed by atoms with Crippen LogP contribution in [0.25, 0.3) is 16.6 Å². The molecule has 2 aromatic carbocycles. The van der Waals surface area contributed by atoms with Gasteiger partial charge in [-0.1, -0.05) is 22.0 Å². The topological polar surface area (TPSA) is 55.5 Å². The first kappa shape index (κ1) is 18.4.